The maximum Gasteiger partial charge on any atom is 0.282 e. The van der Waals surface area contributed by atoms with Crippen LogP contribution in [0.5, 0.6) is 0 Å². The van der Waals surface area contributed by atoms with Gasteiger partial charge in [-0.25, -0.2) is 17.2 Å². The molecule has 1 saturated heterocycles. The molecule has 0 N–H and O–H groups in total. The molecule has 0 aliphatic carbocycles. The van der Waals surface area contributed by atoms with E-state index < -0.39 is 34.8 Å². The Kier molecular flexibility index (Phi) is 5.09. The zero-order valence-corrected chi connectivity index (χ0v) is 13.3. The summed E-state index contributed by atoms with van der Waals surface area (Å²) in [5.74, 6) is -3.41. The molecule has 0 bridgehead atoms. The molecular weight excluding hydrogens is 300 g/mol. The van der Waals surface area contributed by atoms with Crippen LogP contribution in [0.15, 0.2) is 23.1 Å². The standard InChI is InChI=1S/C12H13F2NO3S.C2H6/c1-8-3-4-9(5-10(8)19(2,17)18)11(16)15-6-12(13,14)7-15;1-2/h3-5H,6-7H2,1-2H3;1-2H3. The van der Waals surface area contributed by atoms with Crippen LogP contribution in [0.4, 0.5) is 8.78 Å². The van der Waals surface area contributed by atoms with Gasteiger partial charge in [-0.3, -0.25) is 4.79 Å². The van der Waals surface area contributed by atoms with E-state index in [0.29, 0.717) is 5.56 Å². The molecule has 0 aromatic heterocycles. The molecular formula is C14H19F2NO3S. The molecule has 0 atom stereocenters. The quantitative estimate of drug-likeness (QED) is 0.841. The van der Waals surface area contributed by atoms with Crippen LogP contribution in [0, 0.1) is 6.92 Å². The van der Waals surface area contributed by atoms with Crippen LogP contribution in [0.3, 0.4) is 0 Å². The molecule has 1 aliphatic heterocycles. The Bertz CT molecular complexity index is 634. The van der Waals surface area contributed by atoms with Crippen molar-refractivity contribution in [3.63, 3.8) is 0 Å². The second kappa shape index (κ2) is 6.09. The second-order valence-electron chi connectivity index (χ2n) is 4.77. The van der Waals surface area contributed by atoms with Gasteiger partial charge in [0.1, 0.15) is 0 Å². The monoisotopic (exact) mass is 319 g/mol. The average Bonchev–Trinajstić information content (AvgIpc) is 2.36. The number of likely N-dealkylation sites (tertiary alicyclic amines) is 1. The number of hydrogen-bond donors (Lipinski definition) is 0. The van der Waals surface area contributed by atoms with Crippen LogP contribution in [-0.2, 0) is 9.84 Å². The summed E-state index contributed by atoms with van der Waals surface area (Å²) in [4.78, 5) is 12.9. The maximum absolute atomic E-state index is 12.7. The highest BCUT2D eigenvalue weighted by atomic mass is 32.2. The number of benzene rings is 1. The van der Waals surface area contributed by atoms with E-state index in [1.54, 1.807) is 6.92 Å². The Labute approximate surface area is 123 Å². The van der Waals surface area contributed by atoms with Gasteiger partial charge in [0.25, 0.3) is 11.8 Å². The Morgan fingerprint density at radius 1 is 1.24 bits per heavy atom. The third kappa shape index (κ3) is 4.00. The molecule has 1 aliphatic rings. The van der Waals surface area contributed by atoms with Gasteiger partial charge in [-0.2, -0.15) is 0 Å². The van der Waals surface area contributed by atoms with E-state index >= 15 is 0 Å². The Morgan fingerprint density at radius 2 is 1.76 bits per heavy atom. The number of nitrogens with zero attached hydrogens (tertiary/aromatic N) is 1. The molecule has 1 aromatic rings. The number of sulfone groups is 1. The average molecular weight is 319 g/mol. The first kappa shape index (κ1) is 17.6. The molecule has 7 heteroatoms. The first-order valence-corrected chi connectivity index (χ1v) is 8.47. The lowest BCUT2D eigenvalue weighted by Crippen LogP contribution is -2.58. The molecule has 1 heterocycles. The lowest BCUT2D eigenvalue weighted by molar-refractivity contribution is -0.113. The smallest absolute Gasteiger partial charge is 0.282 e. The SMILES string of the molecule is CC.Cc1ccc(C(=O)N2CC(F)(F)C2)cc1S(C)(=O)=O. The number of carbonyl (C=O) groups is 1. The summed E-state index contributed by atoms with van der Waals surface area (Å²) in [7, 11) is -3.45. The van der Waals surface area contributed by atoms with Gasteiger partial charge in [0, 0.05) is 11.8 Å². The molecule has 0 radical (unpaired) electrons. The minimum atomic E-state index is -3.45. The maximum atomic E-state index is 12.7. The highest BCUT2D eigenvalue weighted by Gasteiger charge is 2.46. The zero-order chi connectivity index (χ0) is 16.4. The first-order chi connectivity index (χ1) is 9.60. The third-order valence-corrected chi connectivity index (χ3v) is 4.20. The van der Waals surface area contributed by atoms with Gasteiger partial charge in [-0.05, 0) is 24.6 Å². The third-order valence-electron chi connectivity index (χ3n) is 2.97. The number of carbonyl (C=O) groups excluding carboxylic acids is 1. The molecule has 2 rings (SSSR count). The van der Waals surface area contributed by atoms with Crippen molar-refractivity contribution in [1.29, 1.82) is 0 Å². The zero-order valence-electron chi connectivity index (χ0n) is 12.5. The van der Waals surface area contributed by atoms with E-state index in [1.807, 2.05) is 13.8 Å². The minimum absolute atomic E-state index is 0.0469. The molecule has 0 unspecified atom stereocenters. The fourth-order valence-corrected chi connectivity index (χ4v) is 2.96. The Hall–Kier alpha value is -1.50. The van der Waals surface area contributed by atoms with E-state index in [1.165, 1.54) is 18.2 Å². The Morgan fingerprint density at radius 3 is 2.19 bits per heavy atom. The summed E-state index contributed by atoms with van der Waals surface area (Å²) >= 11 is 0. The number of amides is 1. The van der Waals surface area contributed by atoms with Crippen molar-refractivity contribution in [2.45, 2.75) is 31.6 Å². The van der Waals surface area contributed by atoms with Crippen molar-refractivity contribution in [2.24, 2.45) is 0 Å². The fraction of sp³-hybridized carbons (Fsp3) is 0.500. The van der Waals surface area contributed by atoms with Gasteiger partial charge < -0.3 is 4.90 Å². The summed E-state index contributed by atoms with van der Waals surface area (Å²) in [5.41, 5.74) is 0.634. The number of aryl methyl sites for hydroxylation is 1. The van der Waals surface area contributed by atoms with Crippen molar-refractivity contribution in [1.82, 2.24) is 4.90 Å². The minimum Gasteiger partial charge on any atom is -0.326 e. The van der Waals surface area contributed by atoms with Gasteiger partial charge >= 0.3 is 0 Å². The van der Waals surface area contributed by atoms with Gasteiger partial charge in [-0.1, -0.05) is 19.9 Å². The number of halogens is 2. The van der Waals surface area contributed by atoms with E-state index in [-0.39, 0.29) is 10.5 Å². The molecule has 0 saturated carbocycles. The van der Waals surface area contributed by atoms with Crippen molar-refractivity contribution in [3.8, 4) is 0 Å². The van der Waals surface area contributed by atoms with Crippen molar-refractivity contribution >= 4 is 15.7 Å². The van der Waals surface area contributed by atoms with Gasteiger partial charge in [0.05, 0.1) is 18.0 Å². The molecule has 118 valence electrons. The van der Waals surface area contributed by atoms with Crippen LogP contribution in [0.1, 0.15) is 29.8 Å². The van der Waals surface area contributed by atoms with Crippen LogP contribution in [0.2, 0.25) is 0 Å². The number of rotatable bonds is 2. The summed E-state index contributed by atoms with van der Waals surface area (Å²) in [6.07, 6.45) is 1.04. The largest absolute Gasteiger partial charge is 0.326 e. The van der Waals surface area contributed by atoms with Crippen LogP contribution >= 0.6 is 0 Å². The molecule has 4 nitrogen and oxygen atoms in total. The van der Waals surface area contributed by atoms with Crippen molar-refractivity contribution in [3.05, 3.63) is 29.3 Å². The normalized spacial score (nSPS) is 16.6. The summed E-state index contributed by atoms with van der Waals surface area (Å²) in [6.45, 7) is 4.38. The van der Waals surface area contributed by atoms with Gasteiger partial charge in [0.2, 0.25) is 0 Å². The highest BCUT2D eigenvalue weighted by molar-refractivity contribution is 7.90. The molecule has 1 aromatic carbocycles. The Balaban J connectivity index is 0.00000106. The van der Waals surface area contributed by atoms with E-state index in [2.05, 4.69) is 0 Å². The van der Waals surface area contributed by atoms with Gasteiger partial charge in [0.15, 0.2) is 9.84 Å². The molecule has 21 heavy (non-hydrogen) atoms. The van der Waals surface area contributed by atoms with E-state index in [0.717, 1.165) is 11.2 Å². The highest BCUT2D eigenvalue weighted by Crippen LogP contribution is 2.28. The number of alkyl halides is 2. The predicted octanol–water partition coefficient (Wildman–Crippen LogP) is 2.52. The van der Waals surface area contributed by atoms with E-state index in [9.17, 15) is 22.0 Å². The van der Waals surface area contributed by atoms with Crippen molar-refractivity contribution in [2.75, 3.05) is 19.3 Å². The summed E-state index contributed by atoms with van der Waals surface area (Å²) in [5, 5.41) is 0. The summed E-state index contributed by atoms with van der Waals surface area (Å²) in [6, 6.07) is 4.19. The molecule has 0 spiro atoms. The predicted molar refractivity (Wildman–Crippen MR) is 76.5 cm³/mol. The van der Waals surface area contributed by atoms with Gasteiger partial charge in [-0.15, -0.1) is 0 Å². The fourth-order valence-electron chi connectivity index (χ4n) is 1.97. The topological polar surface area (TPSA) is 54.5 Å². The lowest BCUT2D eigenvalue weighted by Gasteiger charge is -2.38. The molecule has 1 fully saturated rings. The van der Waals surface area contributed by atoms with Crippen molar-refractivity contribution < 1.29 is 22.0 Å². The van der Waals surface area contributed by atoms with Crippen LogP contribution < -0.4 is 0 Å². The lowest BCUT2D eigenvalue weighted by atomic mass is 10.1. The van der Waals surface area contributed by atoms with Crippen LogP contribution in [-0.4, -0.2) is 44.5 Å². The van der Waals surface area contributed by atoms with Crippen LogP contribution in [0.25, 0.3) is 0 Å². The first-order valence-electron chi connectivity index (χ1n) is 6.58. The summed E-state index contributed by atoms with van der Waals surface area (Å²) < 4.78 is 48.5. The second-order valence-corrected chi connectivity index (χ2v) is 6.75. The number of hydrogen-bond acceptors (Lipinski definition) is 3. The van der Waals surface area contributed by atoms with E-state index in [4.69, 9.17) is 0 Å². The molecule has 1 amide bonds.